The van der Waals surface area contributed by atoms with Gasteiger partial charge in [0.15, 0.2) is 0 Å². The van der Waals surface area contributed by atoms with Crippen LogP contribution in [0.5, 0.6) is 0 Å². The van der Waals surface area contributed by atoms with E-state index >= 15 is 0 Å². The molecule has 2 aliphatic rings. The van der Waals surface area contributed by atoms with Crippen molar-refractivity contribution in [1.29, 1.82) is 0 Å². The molecule has 0 aromatic heterocycles. The number of aliphatic hydroxyl groups is 1. The van der Waals surface area contributed by atoms with Crippen LogP contribution in [0.2, 0.25) is 0 Å². The van der Waals surface area contributed by atoms with E-state index in [1.807, 2.05) is 30.3 Å². The molecule has 1 saturated heterocycles. The summed E-state index contributed by atoms with van der Waals surface area (Å²) in [6.07, 6.45) is 1.39. The van der Waals surface area contributed by atoms with Gasteiger partial charge in [-0.05, 0) is 18.4 Å². The van der Waals surface area contributed by atoms with E-state index in [9.17, 15) is 9.90 Å². The first-order chi connectivity index (χ1) is 10.2. The number of amides is 1. The summed E-state index contributed by atoms with van der Waals surface area (Å²) < 4.78 is 10.4. The molecule has 0 bridgehead atoms. The van der Waals surface area contributed by atoms with Crippen molar-refractivity contribution < 1.29 is 19.4 Å². The van der Waals surface area contributed by atoms with Gasteiger partial charge in [-0.1, -0.05) is 30.3 Å². The third kappa shape index (κ3) is 3.04. The quantitative estimate of drug-likeness (QED) is 0.866. The van der Waals surface area contributed by atoms with Gasteiger partial charge in [-0.2, -0.15) is 0 Å². The molecule has 1 aromatic rings. The Balaban J connectivity index is 1.41. The standard InChI is InChI=1S/C16H21NO4/c18-10-15(7-16(8-15)11-20-12-16)9-17-14(19)21-6-13-4-2-1-3-5-13/h1-5,18H,6-12H2,(H,17,19). The second-order valence-electron chi connectivity index (χ2n) is 6.42. The lowest BCUT2D eigenvalue weighted by Crippen LogP contribution is -2.62. The number of nitrogens with one attached hydrogen (secondary N) is 1. The van der Waals surface area contributed by atoms with Crippen LogP contribution in [0.4, 0.5) is 4.79 Å². The Labute approximate surface area is 124 Å². The molecule has 1 aliphatic heterocycles. The minimum atomic E-state index is -0.433. The van der Waals surface area contributed by atoms with E-state index in [2.05, 4.69) is 5.32 Å². The zero-order chi connectivity index (χ0) is 14.8. The summed E-state index contributed by atoms with van der Waals surface area (Å²) in [5.74, 6) is 0. The van der Waals surface area contributed by atoms with E-state index in [4.69, 9.17) is 9.47 Å². The average Bonchev–Trinajstić information content (AvgIpc) is 2.44. The van der Waals surface area contributed by atoms with Crippen LogP contribution in [-0.4, -0.2) is 37.6 Å². The van der Waals surface area contributed by atoms with Gasteiger partial charge >= 0.3 is 6.09 Å². The summed E-state index contributed by atoms with van der Waals surface area (Å²) in [5.41, 5.74) is 1.02. The number of alkyl carbamates (subject to hydrolysis) is 1. The van der Waals surface area contributed by atoms with Gasteiger partial charge in [0.25, 0.3) is 0 Å². The Morgan fingerprint density at radius 3 is 2.57 bits per heavy atom. The van der Waals surface area contributed by atoms with E-state index in [0.29, 0.717) is 6.54 Å². The Bertz CT molecular complexity index is 490. The predicted molar refractivity (Wildman–Crippen MR) is 76.6 cm³/mol. The number of benzene rings is 1. The highest BCUT2D eigenvalue weighted by Gasteiger charge is 2.58. The van der Waals surface area contributed by atoms with Crippen LogP contribution in [0.3, 0.4) is 0 Å². The van der Waals surface area contributed by atoms with Gasteiger partial charge in [-0.25, -0.2) is 4.79 Å². The molecular weight excluding hydrogens is 270 g/mol. The molecule has 5 nitrogen and oxygen atoms in total. The van der Waals surface area contributed by atoms with Crippen molar-refractivity contribution >= 4 is 6.09 Å². The van der Waals surface area contributed by atoms with Gasteiger partial charge < -0.3 is 19.9 Å². The van der Waals surface area contributed by atoms with Crippen LogP contribution < -0.4 is 5.32 Å². The molecule has 1 saturated carbocycles. The molecule has 2 fully saturated rings. The first kappa shape index (κ1) is 14.4. The van der Waals surface area contributed by atoms with Crippen molar-refractivity contribution in [2.75, 3.05) is 26.4 Å². The molecule has 1 spiro atoms. The third-order valence-electron chi connectivity index (χ3n) is 4.47. The monoisotopic (exact) mass is 291 g/mol. The van der Waals surface area contributed by atoms with Gasteiger partial charge in [-0.15, -0.1) is 0 Å². The maximum atomic E-state index is 11.7. The molecule has 114 valence electrons. The summed E-state index contributed by atoms with van der Waals surface area (Å²) in [6, 6.07) is 9.56. The zero-order valence-corrected chi connectivity index (χ0v) is 12.0. The molecule has 0 unspecified atom stereocenters. The maximum absolute atomic E-state index is 11.7. The van der Waals surface area contributed by atoms with Crippen molar-refractivity contribution in [3.8, 4) is 0 Å². The second kappa shape index (κ2) is 5.66. The Morgan fingerprint density at radius 1 is 1.29 bits per heavy atom. The highest BCUT2D eigenvalue weighted by atomic mass is 16.5. The number of aliphatic hydroxyl groups excluding tert-OH is 1. The van der Waals surface area contributed by atoms with Crippen LogP contribution in [0.15, 0.2) is 30.3 Å². The largest absolute Gasteiger partial charge is 0.445 e. The molecule has 3 rings (SSSR count). The topological polar surface area (TPSA) is 67.8 Å². The number of carbonyl (C=O) groups excluding carboxylic acids is 1. The lowest BCUT2D eigenvalue weighted by molar-refractivity contribution is -0.218. The average molecular weight is 291 g/mol. The number of rotatable bonds is 5. The van der Waals surface area contributed by atoms with Gasteiger partial charge in [-0.3, -0.25) is 0 Å². The SMILES string of the molecule is O=C(NCC1(CO)CC2(COC2)C1)OCc1ccccc1. The number of hydrogen-bond donors (Lipinski definition) is 2. The van der Waals surface area contributed by atoms with Crippen LogP contribution >= 0.6 is 0 Å². The molecule has 1 aromatic carbocycles. The van der Waals surface area contributed by atoms with E-state index in [1.165, 1.54) is 0 Å². The summed E-state index contributed by atoms with van der Waals surface area (Å²) in [5, 5.41) is 12.3. The maximum Gasteiger partial charge on any atom is 0.407 e. The van der Waals surface area contributed by atoms with Crippen LogP contribution in [0.25, 0.3) is 0 Å². The minimum absolute atomic E-state index is 0.0910. The van der Waals surface area contributed by atoms with Crippen molar-refractivity contribution in [3.05, 3.63) is 35.9 Å². The normalized spacial score (nSPS) is 21.2. The lowest BCUT2D eigenvalue weighted by Gasteiger charge is -2.59. The predicted octanol–water partition coefficient (Wildman–Crippen LogP) is 1.70. The minimum Gasteiger partial charge on any atom is -0.445 e. The molecule has 0 atom stereocenters. The van der Waals surface area contributed by atoms with Gasteiger partial charge in [0.1, 0.15) is 6.61 Å². The van der Waals surface area contributed by atoms with E-state index in [-0.39, 0.29) is 24.0 Å². The van der Waals surface area contributed by atoms with Gasteiger partial charge in [0.05, 0.1) is 19.8 Å². The molecular formula is C16H21NO4. The molecule has 21 heavy (non-hydrogen) atoms. The fraction of sp³-hybridized carbons (Fsp3) is 0.562. The molecule has 0 radical (unpaired) electrons. The van der Waals surface area contributed by atoms with E-state index in [0.717, 1.165) is 31.6 Å². The van der Waals surface area contributed by atoms with Crippen LogP contribution in [0.1, 0.15) is 18.4 Å². The Morgan fingerprint density at radius 2 is 2.00 bits per heavy atom. The fourth-order valence-electron chi connectivity index (χ4n) is 3.46. The smallest absolute Gasteiger partial charge is 0.407 e. The molecule has 1 aliphatic carbocycles. The molecule has 5 heteroatoms. The van der Waals surface area contributed by atoms with Crippen molar-refractivity contribution in [2.45, 2.75) is 19.4 Å². The highest BCUT2D eigenvalue weighted by Crippen LogP contribution is 2.57. The van der Waals surface area contributed by atoms with Crippen LogP contribution in [0, 0.1) is 10.8 Å². The number of carbonyl (C=O) groups is 1. The van der Waals surface area contributed by atoms with Crippen molar-refractivity contribution in [1.82, 2.24) is 5.32 Å². The lowest BCUT2D eigenvalue weighted by atomic mass is 9.52. The van der Waals surface area contributed by atoms with E-state index in [1.54, 1.807) is 0 Å². The number of hydrogen-bond acceptors (Lipinski definition) is 4. The molecule has 2 N–H and O–H groups in total. The first-order valence-corrected chi connectivity index (χ1v) is 7.29. The first-order valence-electron chi connectivity index (χ1n) is 7.29. The van der Waals surface area contributed by atoms with Crippen LogP contribution in [-0.2, 0) is 16.1 Å². The highest BCUT2D eigenvalue weighted by molar-refractivity contribution is 5.67. The molecule has 1 heterocycles. The number of ether oxygens (including phenoxy) is 2. The fourth-order valence-corrected chi connectivity index (χ4v) is 3.46. The summed E-state index contributed by atoms with van der Waals surface area (Å²) >= 11 is 0. The van der Waals surface area contributed by atoms with Crippen molar-refractivity contribution in [3.63, 3.8) is 0 Å². The summed E-state index contributed by atoms with van der Waals surface area (Å²) in [6.45, 7) is 2.38. The Hall–Kier alpha value is -1.59. The summed E-state index contributed by atoms with van der Waals surface area (Å²) in [7, 11) is 0. The summed E-state index contributed by atoms with van der Waals surface area (Å²) in [4.78, 5) is 11.7. The van der Waals surface area contributed by atoms with E-state index < -0.39 is 6.09 Å². The van der Waals surface area contributed by atoms with Gasteiger partial charge in [0.2, 0.25) is 0 Å². The molecule has 1 amide bonds. The third-order valence-corrected chi connectivity index (χ3v) is 4.47. The van der Waals surface area contributed by atoms with Crippen molar-refractivity contribution in [2.24, 2.45) is 10.8 Å². The second-order valence-corrected chi connectivity index (χ2v) is 6.42. The Kier molecular flexibility index (Phi) is 3.87. The zero-order valence-electron chi connectivity index (χ0n) is 12.0. The van der Waals surface area contributed by atoms with Gasteiger partial charge in [0, 0.05) is 17.4 Å².